The third-order valence-electron chi connectivity index (χ3n) is 2.92. The second kappa shape index (κ2) is 7.65. The van der Waals surface area contributed by atoms with Gasteiger partial charge in [0.15, 0.2) is 0 Å². The minimum absolute atomic E-state index is 0.0803. The first kappa shape index (κ1) is 16.2. The smallest absolute Gasteiger partial charge is 0.338 e. The molecule has 0 aliphatic rings. The van der Waals surface area contributed by atoms with Crippen molar-refractivity contribution in [2.24, 2.45) is 0 Å². The minimum Gasteiger partial charge on any atom is -0.465 e. The van der Waals surface area contributed by atoms with Gasteiger partial charge in [0.1, 0.15) is 0 Å². The molecule has 0 saturated heterocycles. The molecule has 0 radical (unpaired) electrons. The Morgan fingerprint density at radius 1 is 1.30 bits per heavy atom. The number of esters is 1. The summed E-state index contributed by atoms with van der Waals surface area (Å²) in [7, 11) is 1.34. The zero-order valence-corrected chi connectivity index (χ0v) is 12.4. The van der Waals surface area contributed by atoms with Gasteiger partial charge in [0, 0.05) is 24.7 Å². The van der Waals surface area contributed by atoms with Crippen LogP contribution < -0.4 is 10.6 Å². The van der Waals surface area contributed by atoms with Gasteiger partial charge in [-0.2, -0.15) is 0 Å². The molecule has 110 valence electrons. The lowest BCUT2D eigenvalue weighted by atomic mass is 10.1. The van der Waals surface area contributed by atoms with Crippen LogP contribution in [0.3, 0.4) is 0 Å². The highest BCUT2D eigenvalue weighted by Crippen LogP contribution is 2.19. The van der Waals surface area contributed by atoms with Gasteiger partial charge in [-0.1, -0.05) is 19.9 Å². The number of methoxy groups -OCH3 is 1. The fourth-order valence-corrected chi connectivity index (χ4v) is 1.79. The number of anilines is 1. The Hall–Kier alpha value is -1.88. The van der Waals surface area contributed by atoms with Crippen LogP contribution in [-0.4, -0.2) is 31.6 Å². The average Bonchev–Trinajstić information content (AvgIpc) is 2.40. The van der Waals surface area contributed by atoms with Gasteiger partial charge in [-0.25, -0.2) is 4.79 Å². The van der Waals surface area contributed by atoms with Gasteiger partial charge in [0.25, 0.3) is 0 Å². The lowest BCUT2D eigenvalue weighted by molar-refractivity contribution is -0.116. The summed E-state index contributed by atoms with van der Waals surface area (Å²) in [6, 6.07) is 5.53. The van der Waals surface area contributed by atoms with Crippen LogP contribution in [0.1, 0.15) is 36.2 Å². The molecule has 0 aromatic heterocycles. The minimum atomic E-state index is -0.403. The number of hydrogen-bond acceptors (Lipinski definition) is 4. The summed E-state index contributed by atoms with van der Waals surface area (Å²) in [4.78, 5) is 23.4. The van der Waals surface area contributed by atoms with Gasteiger partial charge in [-0.3, -0.25) is 4.79 Å². The van der Waals surface area contributed by atoms with Crippen molar-refractivity contribution in [1.29, 1.82) is 0 Å². The molecule has 1 aromatic carbocycles. The topological polar surface area (TPSA) is 67.4 Å². The van der Waals surface area contributed by atoms with Crippen molar-refractivity contribution in [3.05, 3.63) is 29.3 Å². The summed E-state index contributed by atoms with van der Waals surface area (Å²) < 4.78 is 4.71. The molecule has 0 aliphatic carbocycles. The van der Waals surface area contributed by atoms with Crippen molar-refractivity contribution in [2.45, 2.75) is 33.2 Å². The summed E-state index contributed by atoms with van der Waals surface area (Å²) >= 11 is 0. The van der Waals surface area contributed by atoms with Crippen LogP contribution >= 0.6 is 0 Å². The van der Waals surface area contributed by atoms with E-state index in [9.17, 15) is 9.59 Å². The summed E-state index contributed by atoms with van der Waals surface area (Å²) in [5.41, 5.74) is 1.82. The lowest BCUT2D eigenvalue weighted by Gasteiger charge is -2.12. The summed E-state index contributed by atoms with van der Waals surface area (Å²) in [5, 5.41) is 6.00. The molecule has 20 heavy (non-hydrogen) atoms. The normalized spacial score (nSPS) is 10.4. The van der Waals surface area contributed by atoms with Crippen LogP contribution in [0.5, 0.6) is 0 Å². The van der Waals surface area contributed by atoms with Gasteiger partial charge >= 0.3 is 5.97 Å². The number of amides is 1. The van der Waals surface area contributed by atoms with Crippen LogP contribution in [-0.2, 0) is 9.53 Å². The molecule has 1 aromatic rings. The molecule has 2 N–H and O–H groups in total. The fourth-order valence-electron chi connectivity index (χ4n) is 1.79. The molecule has 1 rings (SSSR count). The van der Waals surface area contributed by atoms with E-state index in [1.165, 1.54) is 7.11 Å². The Morgan fingerprint density at radius 3 is 2.60 bits per heavy atom. The van der Waals surface area contributed by atoms with Crippen molar-refractivity contribution >= 4 is 17.6 Å². The van der Waals surface area contributed by atoms with E-state index >= 15 is 0 Å². The molecule has 0 aliphatic heterocycles. The van der Waals surface area contributed by atoms with E-state index < -0.39 is 5.97 Å². The van der Waals surface area contributed by atoms with Crippen LogP contribution in [0.15, 0.2) is 18.2 Å². The van der Waals surface area contributed by atoms with Crippen LogP contribution in [0.25, 0.3) is 0 Å². The number of carbonyl (C=O) groups is 2. The van der Waals surface area contributed by atoms with E-state index in [4.69, 9.17) is 4.74 Å². The monoisotopic (exact) mass is 278 g/mol. The predicted molar refractivity (Wildman–Crippen MR) is 78.9 cm³/mol. The third kappa shape index (κ3) is 4.66. The number of hydrogen-bond donors (Lipinski definition) is 2. The summed E-state index contributed by atoms with van der Waals surface area (Å²) in [6.45, 7) is 6.47. The Bertz CT molecular complexity index is 484. The molecule has 0 fully saturated rings. The summed E-state index contributed by atoms with van der Waals surface area (Å²) in [6.07, 6.45) is 0.389. The summed E-state index contributed by atoms with van der Waals surface area (Å²) in [5.74, 6) is -0.483. The van der Waals surface area contributed by atoms with Crippen molar-refractivity contribution in [2.75, 3.05) is 19.0 Å². The predicted octanol–water partition coefficient (Wildman–Crippen LogP) is 2.11. The molecule has 0 saturated carbocycles. The first-order chi connectivity index (χ1) is 9.45. The van der Waals surface area contributed by atoms with Crippen molar-refractivity contribution < 1.29 is 14.3 Å². The van der Waals surface area contributed by atoms with E-state index in [0.29, 0.717) is 35.8 Å². The van der Waals surface area contributed by atoms with Crippen LogP contribution in [0.2, 0.25) is 0 Å². The first-order valence-electron chi connectivity index (χ1n) is 6.67. The first-order valence-corrected chi connectivity index (χ1v) is 6.67. The molecule has 0 spiro atoms. The van der Waals surface area contributed by atoms with E-state index in [-0.39, 0.29) is 5.91 Å². The van der Waals surface area contributed by atoms with Gasteiger partial charge in [0.2, 0.25) is 5.91 Å². The van der Waals surface area contributed by atoms with Gasteiger partial charge in [-0.15, -0.1) is 0 Å². The second-order valence-electron chi connectivity index (χ2n) is 4.88. The largest absolute Gasteiger partial charge is 0.465 e. The second-order valence-corrected chi connectivity index (χ2v) is 4.88. The SMILES string of the molecule is COC(=O)c1cccc(NC(=O)CCNC(C)C)c1C. The molecule has 0 unspecified atom stereocenters. The Kier molecular flexibility index (Phi) is 6.18. The zero-order chi connectivity index (χ0) is 15.1. The lowest BCUT2D eigenvalue weighted by Crippen LogP contribution is -2.27. The van der Waals surface area contributed by atoms with E-state index in [2.05, 4.69) is 10.6 Å². The van der Waals surface area contributed by atoms with Crippen molar-refractivity contribution in [3.8, 4) is 0 Å². The van der Waals surface area contributed by atoms with Crippen LogP contribution in [0, 0.1) is 6.92 Å². The molecule has 0 bridgehead atoms. The third-order valence-corrected chi connectivity index (χ3v) is 2.92. The molecule has 1 amide bonds. The maximum Gasteiger partial charge on any atom is 0.338 e. The van der Waals surface area contributed by atoms with Crippen LogP contribution in [0.4, 0.5) is 5.69 Å². The number of carbonyl (C=O) groups excluding carboxylic acids is 2. The Balaban J connectivity index is 2.68. The Labute approximate surface area is 119 Å². The standard InChI is InChI=1S/C15H22N2O3/c1-10(2)16-9-8-14(18)17-13-7-5-6-12(11(13)3)15(19)20-4/h5-7,10,16H,8-9H2,1-4H3,(H,17,18). The van der Waals surface area contributed by atoms with Gasteiger partial charge in [0.05, 0.1) is 12.7 Å². The number of benzene rings is 1. The quantitative estimate of drug-likeness (QED) is 0.782. The zero-order valence-electron chi connectivity index (χ0n) is 12.4. The number of ether oxygens (including phenoxy) is 1. The highest BCUT2D eigenvalue weighted by atomic mass is 16.5. The molecule has 0 atom stereocenters. The van der Waals surface area contributed by atoms with Gasteiger partial charge < -0.3 is 15.4 Å². The van der Waals surface area contributed by atoms with Gasteiger partial charge in [-0.05, 0) is 24.6 Å². The number of rotatable bonds is 6. The molecule has 0 heterocycles. The maximum atomic E-state index is 11.8. The Morgan fingerprint density at radius 2 is 2.00 bits per heavy atom. The van der Waals surface area contributed by atoms with E-state index in [1.54, 1.807) is 25.1 Å². The molecular formula is C15H22N2O3. The number of nitrogens with one attached hydrogen (secondary N) is 2. The molecule has 5 heteroatoms. The molecule has 5 nitrogen and oxygen atoms in total. The highest BCUT2D eigenvalue weighted by molar-refractivity contribution is 5.96. The average molecular weight is 278 g/mol. The van der Waals surface area contributed by atoms with E-state index in [0.717, 1.165) is 0 Å². The highest BCUT2D eigenvalue weighted by Gasteiger charge is 2.13. The maximum absolute atomic E-state index is 11.8. The molecular weight excluding hydrogens is 256 g/mol. The fraction of sp³-hybridized carbons (Fsp3) is 0.467. The van der Waals surface area contributed by atoms with Crippen molar-refractivity contribution in [1.82, 2.24) is 5.32 Å². The van der Waals surface area contributed by atoms with E-state index in [1.807, 2.05) is 13.8 Å². The van der Waals surface area contributed by atoms with Crippen molar-refractivity contribution in [3.63, 3.8) is 0 Å².